The zero-order chi connectivity index (χ0) is 14.8. The second kappa shape index (κ2) is 5.85. The molecule has 112 valence electrons. The average Bonchev–Trinajstić information content (AvgIpc) is 2.48. The Labute approximate surface area is 124 Å². The quantitative estimate of drug-likeness (QED) is 0.797. The van der Waals surface area contributed by atoms with Crippen LogP contribution in [-0.2, 0) is 9.59 Å². The third kappa shape index (κ3) is 2.93. The minimum atomic E-state index is -0.197. The number of amides is 2. The molecule has 2 N–H and O–H groups in total. The number of benzene rings is 1. The third-order valence-corrected chi connectivity index (χ3v) is 4.37. The summed E-state index contributed by atoms with van der Waals surface area (Å²) in [5, 5.41) is 5.80. The molecule has 0 radical (unpaired) electrons. The predicted octanol–water partition coefficient (Wildman–Crippen LogP) is 1.00. The van der Waals surface area contributed by atoms with Crippen molar-refractivity contribution >= 4 is 17.5 Å². The molecule has 5 heteroatoms. The number of piperidine rings is 1. The van der Waals surface area contributed by atoms with Gasteiger partial charge in [-0.1, -0.05) is 12.1 Å². The molecule has 5 nitrogen and oxygen atoms in total. The van der Waals surface area contributed by atoms with E-state index in [1.54, 1.807) is 0 Å². The molecule has 2 unspecified atom stereocenters. The normalized spacial score (nSPS) is 26.6. The van der Waals surface area contributed by atoms with Gasteiger partial charge in [0.1, 0.15) is 0 Å². The van der Waals surface area contributed by atoms with Gasteiger partial charge in [-0.25, -0.2) is 0 Å². The Kier molecular flexibility index (Phi) is 3.92. The molecule has 2 amide bonds. The fourth-order valence-corrected chi connectivity index (χ4v) is 3.13. The minimum absolute atomic E-state index is 0.164. The van der Waals surface area contributed by atoms with E-state index in [2.05, 4.69) is 34.6 Å². The number of hydrogen-bond donors (Lipinski definition) is 2. The maximum atomic E-state index is 11.9. The SMILES string of the molecule is CC1CNCCN1c1ccc(C2CCC(=O)NC2=O)cc1. The number of imide groups is 1. The zero-order valence-corrected chi connectivity index (χ0v) is 12.3. The van der Waals surface area contributed by atoms with Crippen molar-refractivity contribution in [2.45, 2.75) is 31.7 Å². The summed E-state index contributed by atoms with van der Waals surface area (Å²) in [7, 11) is 0. The number of carbonyl (C=O) groups excluding carboxylic acids is 2. The summed E-state index contributed by atoms with van der Waals surface area (Å²) in [4.78, 5) is 25.5. The van der Waals surface area contributed by atoms with Gasteiger partial charge in [0.15, 0.2) is 0 Å². The van der Waals surface area contributed by atoms with Crippen LogP contribution in [0.25, 0.3) is 0 Å². The fourth-order valence-electron chi connectivity index (χ4n) is 3.13. The summed E-state index contributed by atoms with van der Waals surface area (Å²) in [6.45, 7) is 5.20. The molecule has 2 aliphatic rings. The van der Waals surface area contributed by atoms with Gasteiger partial charge in [-0.2, -0.15) is 0 Å². The molecule has 0 aliphatic carbocycles. The second-order valence-corrected chi connectivity index (χ2v) is 5.84. The van der Waals surface area contributed by atoms with E-state index in [-0.39, 0.29) is 17.7 Å². The molecule has 2 heterocycles. The highest BCUT2D eigenvalue weighted by molar-refractivity contribution is 6.00. The number of carbonyl (C=O) groups is 2. The Morgan fingerprint density at radius 2 is 1.95 bits per heavy atom. The first-order chi connectivity index (χ1) is 10.1. The van der Waals surface area contributed by atoms with E-state index in [1.807, 2.05) is 12.1 Å². The van der Waals surface area contributed by atoms with E-state index in [9.17, 15) is 9.59 Å². The van der Waals surface area contributed by atoms with Crippen LogP contribution >= 0.6 is 0 Å². The molecule has 2 saturated heterocycles. The molecule has 2 fully saturated rings. The Bertz CT molecular complexity index is 541. The van der Waals surface area contributed by atoms with E-state index < -0.39 is 0 Å². The molecule has 0 aromatic heterocycles. The van der Waals surface area contributed by atoms with Crippen molar-refractivity contribution in [2.75, 3.05) is 24.5 Å². The van der Waals surface area contributed by atoms with Crippen molar-refractivity contribution in [3.05, 3.63) is 29.8 Å². The summed E-state index contributed by atoms with van der Waals surface area (Å²) < 4.78 is 0. The van der Waals surface area contributed by atoms with Crippen molar-refractivity contribution < 1.29 is 9.59 Å². The van der Waals surface area contributed by atoms with Gasteiger partial charge >= 0.3 is 0 Å². The Hall–Kier alpha value is -1.88. The first-order valence-electron chi connectivity index (χ1n) is 7.56. The maximum absolute atomic E-state index is 11.9. The first-order valence-corrected chi connectivity index (χ1v) is 7.56. The standard InChI is InChI=1S/C16H21N3O2/c1-11-10-17-8-9-19(11)13-4-2-12(3-5-13)14-6-7-15(20)18-16(14)21/h2-5,11,14,17H,6-10H2,1H3,(H,18,20,21). The molecule has 3 rings (SSSR count). The van der Waals surface area contributed by atoms with Gasteiger partial charge in [0.25, 0.3) is 0 Å². The van der Waals surface area contributed by atoms with Crippen LogP contribution in [0.3, 0.4) is 0 Å². The van der Waals surface area contributed by atoms with E-state index >= 15 is 0 Å². The van der Waals surface area contributed by atoms with Crippen LogP contribution < -0.4 is 15.5 Å². The van der Waals surface area contributed by atoms with Gasteiger partial charge in [-0.05, 0) is 31.0 Å². The summed E-state index contributed by atoms with van der Waals surface area (Å²) in [6, 6.07) is 8.68. The minimum Gasteiger partial charge on any atom is -0.366 e. The molecule has 0 bridgehead atoms. The van der Waals surface area contributed by atoms with Crippen LogP contribution in [0.1, 0.15) is 31.2 Å². The monoisotopic (exact) mass is 287 g/mol. The van der Waals surface area contributed by atoms with Crippen LogP contribution in [0.4, 0.5) is 5.69 Å². The van der Waals surface area contributed by atoms with Gasteiger partial charge in [0, 0.05) is 37.8 Å². The molecule has 1 aromatic rings. The molecular formula is C16H21N3O2. The summed E-state index contributed by atoms with van der Waals surface area (Å²) >= 11 is 0. The number of rotatable bonds is 2. The average molecular weight is 287 g/mol. The summed E-state index contributed by atoms with van der Waals surface area (Å²) in [6.07, 6.45) is 1.03. The molecule has 2 aliphatic heterocycles. The largest absolute Gasteiger partial charge is 0.366 e. The van der Waals surface area contributed by atoms with Crippen molar-refractivity contribution in [1.82, 2.24) is 10.6 Å². The predicted molar refractivity (Wildman–Crippen MR) is 81.2 cm³/mol. The molecule has 1 aromatic carbocycles. The highest BCUT2D eigenvalue weighted by atomic mass is 16.2. The lowest BCUT2D eigenvalue weighted by Crippen LogP contribution is -2.49. The Balaban J connectivity index is 1.74. The summed E-state index contributed by atoms with van der Waals surface area (Å²) in [5.41, 5.74) is 2.19. The van der Waals surface area contributed by atoms with Gasteiger partial charge in [0.2, 0.25) is 11.8 Å². The van der Waals surface area contributed by atoms with Crippen LogP contribution in [-0.4, -0.2) is 37.5 Å². The van der Waals surface area contributed by atoms with E-state index in [0.29, 0.717) is 18.9 Å². The number of anilines is 1. The number of hydrogen-bond acceptors (Lipinski definition) is 4. The lowest BCUT2D eigenvalue weighted by Gasteiger charge is -2.36. The molecule has 0 saturated carbocycles. The highest BCUT2D eigenvalue weighted by Gasteiger charge is 2.28. The number of nitrogens with one attached hydrogen (secondary N) is 2. The molecule has 21 heavy (non-hydrogen) atoms. The second-order valence-electron chi connectivity index (χ2n) is 5.84. The van der Waals surface area contributed by atoms with Crippen LogP contribution in [0.15, 0.2) is 24.3 Å². The fraction of sp³-hybridized carbons (Fsp3) is 0.500. The molecule has 0 spiro atoms. The van der Waals surface area contributed by atoms with Gasteiger partial charge < -0.3 is 10.2 Å². The van der Waals surface area contributed by atoms with Crippen molar-refractivity contribution in [2.24, 2.45) is 0 Å². The topological polar surface area (TPSA) is 61.4 Å². The van der Waals surface area contributed by atoms with Gasteiger partial charge in [-0.3, -0.25) is 14.9 Å². The lowest BCUT2D eigenvalue weighted by atomic mass is 9.90. The highest BCUT2D eigenvalue weighted by Crippen LogP contribution is 2.27. The number of piperazine rings is 1. The molecular weight excluding hydrogens is 266 g/mol. The van der Waals surface area contributed by atoms with Gasteiger partial charge in [-0.15, -0.1) is 0 Å². The zero-order valence-electron chi connectivity index (χ0n) is 12.3. The summed E-state index contributed by atoms with van der Waals surface area (Å²) in [5.74, 6) is -0.533. The Morgan fingerprint density at radius 1 is 1.19 bits per heavy atom. The van der Waals surface area contributed by atoms with Crippen molar-refractivity contribution in [3.63, 3.8) is 0 Å². The van der Waals surface area contributed by atoms with E-state index in [1.165, 1.54) is 5.69 Å². The van der Waals surface area contributed by atoms with Crippen LogP contribution in [0.5, 0.6) is 0 Å². The van der Waals surface area contributed by atoms with Crippen molar-refractivity contribution in [1.29, 1.82) is 0 Å². The lowest BCUT2D eigenvalue weighted by molar-refractivity contribution is -0.134. The van der Waals surface area contributed by atoms with Crippen LogP contribution in [0, 0.1) is 0 Å². The third-order valence-electron chi connectivity index (χ3n) is 4.37. The first kappa shape index (κ1) is 14.1. The maximum Gasteiger partial charge on any atom is 0.234 e. The van der Waals surface area contributed by atoms with Gasteiger partial charge in [0.05, 0.1) is 5.92 Å². The van der Waals surface area contributed by atoms with Crippen molar-refractivity contribution in [3.8, 4) is 0 Å². The van der Waals surface area contributed by atoms with E-state index in [4.69, 9.17) is 0 Å². The Morgan fingerprint density at radius 3 is 2.62 bits per heavy atom. The van der Waals surface area contributed by atoms with Crippen LogP contribution in [0.2, 0.25) is 0 Å². The number of nitrogens with zero attached hydrogens (tertiary/aromatic N) is 1. The molecule has 2 atom stereocenters. The van der Waals surface area contributed by atoms with E-state index in [0.717, 1.165) is 25.2 Å². The smallest absolute Gasteiger partial charge is 0.234 e.